The molecule has 0 bridgehead atoms. The molecule has 0 amide bonds. The van der Waals surface area contributed by atoms with Gasteiger partial charge >= 0.3 is 5.63 Å². The zero-order valence-electron chi connectivity index (χ0n) is 12.3. The number of aromatic nitrogens is 2. The van der Waals surface area contributed by atoms with Crippen LogP contribution in [-0.4, -0.2) is 9.38 Å². The molecule has 4 rings (SSSR count). The molecule has 0 radical (unpaired) electrons. The SMILES string of the molecule is O=c1cc(Sc2c(-c3ccccc3)nc3ccc(Br)cn23)cco1. The molecule has 3 aromatic heterocycles. The van der Waals surface area contributed by atoms with Crippen molar-refractivity contribution in [3.05, 3.63) is 82.0 Å². The van der Waals surface area contributed by atoms with Gasteiger partial charge in [-0.05, 0) is 34.1 Å². The van der Waals surface area contributed by atoms with Crippen LogP contribution in [0.25, 0.3) is 16.9 Å². The van der Waals surface area contributed by atoms with Crippen molar-refractivity contribution >= 4 is 33.3 Å². The maximum absolute atomic E-state index is 11.5. The number of imidazole rings is 1. The molecule has 0 fully saturated rings. The van der Waals surface area contributed by atoms with Gasteiger partial charge in [-0.1, -0.05) is 42.1 Å². The fraction of sp³-hybridized carbons (Fsp3) is 0. The average Bonchev–Trinajstić information content (AvgIpc) is 2.94. The Balaban J connectivity index is 1.93. The lowest BCUT2D eigenvalue weighted by Gasteiger charge is -2.05. The fourth-order valence-corrected chi connectivity index (χ4v) is 3.76. The van der Waals surface area contributed by atoms with Crippen molar-refractivity contribution in [3.63, 3.8) is 0 Å². The number of rotatable bonds is 3. The fourth-order valence-electron chi connectivity index (χ4n) is 2.42. The minimum absolute atomic E-state index is 0.365. The molecule has 0 saturated heterocycles. The van der Waals surface area contributed by atoms with E-state index in [0.717, 1.165) is 31.3 Å². The highest BCUT2D eigenvalue weighted by atomic mass is 79.9. The van der Waals surface area contributed by atoms with Crippen molar-refractivity contribution in [2.24, 2.45) is 0 Å². The molecule has 6 heteroatoms. The second kappa shape index (κ2) is 6.30. The molecule has 118 valence electrons. The topological polar surface area (TPSA) is 47.5 Å². The summed E-state index contributed by atoms with van der Waals surface area (Å²) >= 11 is 4.99. The van der Waals surface area contributed by atoms with Gasteiger partial charge in [0, 0.05) is 27.2 Å². The van der Waals surface area contributed by atoms with Crippen LogP contribution in [0.1, 0.15) is 0 Å². The summed E-state index contributed by atoms with van der Waals surface area (Å²) in [6, 6.07) is 17.2. The van der Waals surface area contributed by atoms with Crippen molar-refractivity contribution in [2.45, 2.75) is 9.92 Å². The Morgan fingerprint density at radius 2 is 1.92 bits per heavy atom. The van der Waals surface area contributed by atoms with Crippen LogP contribution in [0.2, 0.25) is 0 Å². The highest BCUT2D eigenvalue weighted by Gasteiger charge is 2.16. The molecule has 3 heterocycles. The maximum atomic E-state index is 11.5. The Morgan fingerprint density at radius 3 is 2.71 bits per heavy atom. The van der Waals surface area contributed by atoms with Gasteiger partial charge in [-0.2, -0.15) is 0 Å². The normalized spacial score (nSPS) is 11.0. The van der Waals surface area contributed by atoms with Crippen molar-refractivity contribution < 1.29 is 4.42 Å². The maximum Gasteiger partial charge on any atom is 0.336 e. The molecule has 0 aliphatic heterocycles. The summed E-state index contributed by atoms with van der Waals surface area (Å²) in [6.45, 7) is 0. The van der Waals surface area contributed by atoms with E-state index in [1.165, 1.54) is 24.1 Å². The molecule has 1 aromatic carbocycles. The van der Waals surface area contributed by atoms with E-state index in [9.17, 15) is 4.79 Å². The van der Waals surface area contributed by atoms with Gasteiger partial charge in [0.25, 0.3) is 0 Å². The van der Waals surface area contributed by atoms with Crippen LogP contribution in [0.5, 0.6) is 0 Å². The number of nitrogens with zero attached hydrogens (tertiary/aromatic N) is 2. The predicted octanol–water partition coefficient (Wildman–Crippen LogP) is 4.87. The molecular formula is C18H11BrN2O2S. The number of pyridine rings is 1. The van der Waals surface area contributed by atoms with Gasteiger partial charge in [0.15, 0.2) is 0 Å². The zero-order chi connectivity index (χ0) is 16.5. The Labute approximate surface area is 150 Å². The van der Waals surface area contributed by atoms with E-state index in [1.807, 2.05) is 53.1 Å². The number of hydrogen-bond donors (Lipinski definition) is 0. The van der Waals surface area contributed by atoms with Gasteiger partial charge in [0.2, 0.25) is 0 Å². The van der Waals surface area contributed by atoms with Crippen LogP contribution in [0.3, 0.4) is 0 Å². The van der Waals surface area contributed by atoms with Crippen LogP contribution in [0.4, 0.5) is 0 Å². The molecule has 4 nitrogen and oxygen atoms in total. The molecule has 0 spiro atoms. The monoisotopic (exact) mass is 398 g/mol. The van der Waals surface area contributed by atoms with Crippen molar-refractivity contribution in [2.75, 3.05) is 0 Å². The van der Waals surface area contributed by atoms with Crippen LogP contribution in [0.15, 0.2) is 90.7 Å². The largest absolute Gasteiger partial charge is 0.431 e. The summed E-state index contributed by atoms with van der Waals surface area (Å²) < 4.78 is 7.79. The molecule has 0 aliphatic rings. The van der Waals surface area contributed by atoms with E-state index >= 15 is 0 Å². The number of fused-ring (bicyclic) bond motifs is 1. The van der Waals surface area contributed by atoms with Crippen LogP contribution >= 0.6 is 27.7 Å². The summed E-state index contributed by atoms with van der Waals surface area (Å²) in [5, 5.41) is 0.947. The van der Waals surface area contributed by atoms with Crippen LogP contribution in [0, 0.1) is 0 Å². The lowest BCUT2D eigenvalue weighted by molar-refractivity contribution is 0.506. The van der Waals surface area contributed by atoms with E-state index in [2.05, 4.69) is 15.9 Å². The first-order valence-electron chi connectivity index (χ1n) is 7.20. The van der Waals surface area contributed by atoms with Crippen molar-refractivity contribution in [1.82, 2.24) is 9.38 Å². The molecule has 0 saturated carbocycles. The minimum atomic E-state index is -0.365. The molecule has 0 N–H and O–H groups in total. The quantitative estimate of drug-likeness (QED) is 0.493. The van der Waals surface area contributed by atoms with Gasteiger partial charge in [-0.25, -0.2) is 9.78 Å². The summed E-state index contributed by atoms with van der Waals surface area (Å²) in [5.41, 5.74) is 2.40. The number of halogens is 1. The first-order valence-corrected chi connectivity index (χ1v) is 8.81. The molecule has 0 aliphatic carbocycles. The summed E-state index contributed by atoms with van der Waals surface area (Å²) in [5.74, 6) is 0. The van der Waals surface area contributed by atoms with E-state index in [1.54, 1.807) is 6.07 Å². The van der Waals surface area contributed by atoms with Gasteiger partial charge in [-0.3, -0.25) is 4.40 Å². The van der Waals surface area contributed by atoms with Gasteiger partial charge in [0.05, 0.1) is 6.26 Å². The average molecular weight is 399 g/mol. The number of benzene rings is 1. The van der Waals surface area contributed by atoms with Gasteiger partial charge < -0.3 is 4.42 Å². The summed E-state index contributed by atoms with van der Waals surface area (Å²) in [6.07, 6.45) is 3.38. The molecule has 0 atom stereocenters. The second-order valence-electron chi connectivity index (χ2n) is 5.10. The summed E-state index contributed by atoms with van der Waals surface area (Å²) in [4.78, 5) is 17.1. The highest BCUT2D eigenvalue weighted by molar-refractivity contribution is 9.10. The van der Waals surface area contributed by atoms with E-state index < -0.39 is 0 Å². The standard InChI is InChI=1S/C18H11BrN2O2S/c19-13-6-7-15-20-17(12-4-2-1-3-5-12)18(21(15)11-13)24-14-8-9-23-16(22)10-14/h1-11H. The van der Waals surface area contributed by atoms with E-state index in [0.29, 0.717) is 0 Å². The molecule has 0 unspecified atom stereocenters. The van der Waals surface area contributed by atoms with E-state index in [-0.39, 0.29) is 5.63 Å². The van der Waals surface area contributed by atoms with Gasteiger partial charge in [-0.15, -0.1) is 0 Å². The Kier molecular flexibility index (Phi) is 4.00. The van der Waals surface area contributed by atoms with E-state index in [4.69, 9.17) is 9.40 Å². The Morgan fingerprint density at radius 1 is 1.08 bits per heavy atom. The number of hydrogen-bond acceptors (Lipinski definition) is 4. The lowest BCUT2D eigenvalue weighted by Crippen LogP contribution is -1.95. The minimum Gasteiger partial charge on any atom is -0.431 e. The van der Waals surface area contributed by atoms with Crippen LogP contribution in [-0.2, 0) is 0 Å². The first kappa shape index (κ1) is 15.2. The molecule has 4 aromatic rings. The van der Waals surface area contributed by atoms with Crippen molar-refractivity contribution in [1.29, 1.82) is 0 Å². The smallest absolute Gasteiger partial charge is 0.336 e. The van der Waals surface area contributed by atoms with Crippen molar-refractivity contribution in [3.8, 4) is 11.3 Å². The lowest BCUT2D eigenvalue weighted by atomic mass is 10.2. The molecular weight excluding hydrogens is 388 g/mol. The summed E-state index contributed by atoms with van der Waals surface area (Å²) in [7, 11) is 0. The Hall–Kier alpha value is -2.31. The van der Waals surface area contributed by atoms with Crippen LogP contribution < -0.4 is 5.63 Å². The Bertz CT molecular complexity index is 1070. The predicted molar refractivity (Wildman–Crippen MR) is 97.4 cm³/mol. The first-order chi connectivity index (χ1) is 11.7. The zero-order valence-corrected chi connectivity index (χ0v) is 14.8. The molecule has 24 heavy (non-hydrogen) atoms. The third kappa shape index (κ3) is 2.90. The highest BCUT2D eigenvalue weighted by Crippen LogP contribution is 2.36. The van der Waals surface area contributed by atoms with Gasteiger partial charge in [0.1, 0.15) is 16.4 Å². The third-order valence-electron chi connectivity index (χ3n) is 3.48. The second-order valence-corrected chi connectivity index (χ2v) is 7.07. The third-order valence-corrected chi connectivity index (χ3v) is 5.02.